The van der Waals surface area contributed by atoms with Gasteiger partial charge in [0.15, 0.2) is 17.4 Å². The summed E-state index contributed by atoms with van der Waals surface area (Å²) in [6.07, 6.45) is 7.04. The fourth-order valence-corrected chi connectivity index (χ4v) is 7.85. The van der Waals surface area contributed by atoms with Gasteiger partial charge in [0.2, 0.25) is 0 Å². The molecule has 11 nitrogen and oxygen atoms in total. The molecule has 0 saturated carbocycles. The van der Waals surface area contributed by atoms with Gasteiger partial charge in [0.25, 0.3) is 0 Å². The van der Waals surface area contributed by atoms with E-state index in [1.54, 1.807) is 6.20 Å². The third kappa shape index (κ3) is 6.10. The number of pyridine rings is 1. The number of amides is 1. The molecule has 6 rings (SSSR count). The van der Waals surface area contributed by atoms with E-state index in [2.05, 4.69) is 27.0 Å². The number of rotatable bonds is 6. The smallest absolute Gasteiger partial charge is 0.407 e. The zero-order valence-corrected chi connectivity index (χ0v) is 26.7. The predicted molar refractivity (Wildman–Crippen MR) is 164 cm³/mol. The van der Waals surface area contributed by atoms with Crippen LogP contribution >= 0.6 is 11.8 Å². The third-order valence-corrected chi connectivity index (χ3v) is 10.2. The van der Waals surface area contributed by atoms with Crippen LogP contribution in [-0.4, -0.2) is 82.8 Å². The normalized spacial score (nSPS) is 26.2. The Labute approximate surface area is 258 Å². The zero-order valence-electron chi connectivity index (χ0n) is 25.8. The first-order valence-corrected chi connectivity index (χ1v) is 16.3. The largest absolute Gasteiger partial charge is 0.486 e. The van der Waals surface area contributed by atoms with Gasteiger partial charge in [-0.05, 0) is 58.9 Å². The molecule has 1 amide bonds. The van der Waals surface area contributed by atoms with Gasteiger partial charge in [-0.15, -0.1) is 0 Å². The van der Waals surface area contributed by atoms with E-state index in [0.29, 0.717) is 41.7 Å². The lowest BCUT2D eigenvalue weighted by atomic mass is 9.73. The number of hydrogen-bond acceptors (Lipinski definition) is 11. The first-order valence-electron chi connectivity index (χ1n) is 15.5. The van der Waals surface area contributed by atoms with Gasteiger partial charge in [0.05, 0.1) is 42.5 Å². The number of carbonyl (C=O) groups is 1. The summed E-state index contributed by atoms with van der Waals surface area (Å²) in [6, 6.07) is 2.21. The SMILES string of the molecule is CCC1C[C@H]2COc3c(Sc4cnc(N5CCC6(CC5)CO[C@@H](C)[C@H]6NC(=O)OC(C)(C)C)c(CO)n4)ccnc3N2C1. The number of hydrogen-bond donors (Lipinski definition) is 2. The summed E-state index contributed by atoms with van der Waals surface area (Å²) in [5.41, 5.74) is -0.192. The molecule has 12 heteroatoms. The van der Waals surface area contributed by atoms with Crippen molar-refractivity contribution in [3.63, 3.8) is 0 Å². The number of nitrogens with one attached hydrogen (secondary N) is 1. The quantitative estimate of drug-likeness (QED) is 0.482. The highest BCUT2D eigenvalue weighted by molar-refractivity contribution is 7.99. The molecular formula is C31H44N6O5S. The number of anilines is 2. The van der Waals surface area contributed by atoms with Crippen molar-refractivity contribution in [3.8, 4) is 5.75 Å². The van der Waals surface area contributed by atoms with Crippen molar-refractivity contribution >= 4 is 29.5 Å². The molecule has 43 heavy (non-hydrogen) atoms. The van der Waals surface area contributed by atoms with Crippen LogP contribution in [0.4, 0.5) is 16.4 Å². The molecule has 4 aliphatic heterocycles. The Morgan fingerprint density at radius 3 is 2.77 bits per heavy atom. The molecule has 4 atom stereocenters. The Kier molecular flexibility index (Phi) is 8.38. The van der Waals surface area contributed by atoms with Crippen LogP contribution in [0.15, 0.2) is 28.4 Å². The average molecular weight is 613 g/mol. The second-order valence-corrected chi connectivity index (χ2v) is 14.4. The van der Waals surface area contributed by atoms with Gasteiger partial charge < -0.3 is 34.4 Å². The Morgan fingerprint density at radius 2 is 2.05 bits per heavy atom. The summed E-state index contributed by atoms with van der Waals surface area (Å²) in [5.74, 6) is 3.09. The number of aromatic nitrogens is 3. The third-order valence-electron chi connectivity index (χ3n) is 9.28. The van der Waals surface area contributed by atoms with E-state index in [-0.39, 0.29) is 24.2 Å². The zero-order chi connectivity index (χ0) is 30.4. The summed E-state index contributed by atoms with van der Waals surface area (Å²) in [6.45, 7) is 13.3. The summed E-state index contributed by atoms with van der Waals surface area (Å²) >= 11 is 1.49. The van der Waals surface area contributed by atoms with Gasteiger partial charge in [0, 0.05) is 31.2 Å². The number of aliphatic hydroxyl groups excluding tert-OH is 1. The highest BCUT2D eigenvalue weighted by Crippen LogP contribution is 2.46. The summed E-state index contributed by atoms with van der Waals surface area (Å²) < 4.78 is 17.8. The molecule has 2 N–H and O–H groups in total. The van der Waals surface area contributed by atoms with Crippen LogP contribution in [0, 0.1) is 11.3 Å². The topological polar surface area (TPSA) is 122 Å². The van der Waals surface area contributed by atoms with Gasteiger partial charge in [-0.2, -0.15) is 0 Å². The molecule has 1 spiro atoms. The molecule has 3 saturated heterocycles. The van der Waals surface area contributed by atoms with Crippen molar-refractivity contribution in [3.05, 3.63) is 24.2 Å². The molecule has 3 fully saturated rings. The second kappa shape index (κ2) is 11.9. The van der Waals surface area contributed by atoms with Crippen LogP contribution in [0.25, 0.3) is 0 Å². The number of piperidine rings is 1. The monoisotopic (exact) mass is 612 g/mol. The first-order chi connectivity index (χ1) is 20.6. The molecule has 234 valence electrons. The van der Waals surface area contributed by atoms with Gasteiger partial charge in [-0.3, -0.25) is 0 Å². The van der Waals surface area contributed by atoms with Crippen LogP contribution in [-0.2, 0) is 16.1 Å². The van der Waals surface area contributed by atoms with E-state index in [1.807, 2.05) is 40.0 Å². The Balaban J connectivity index is 1.14. The minimum absolute atomic E-state index is 0.101. The van der Waals surface area contributed by atoms with Gasteiger partial charge in [0.1, 0.15) is 22.9 Å². The van der Waals surface area contributed by atoms with E-state index >= 15 is 0 Å². The van der Waals surface area contributed by atoms with E-state index in [0.717, 1.165) is 61.8 Å². The molecule has 2 aromatic rings. The number of carbonyl (C=O) groups excluding carboxylic acids is 1. The van der Waals surface area contributed by atoms with E-state index in [1.165, 1.54) is 11.8 Å². The standard InChI is InChI=1S/C31H44N6O5S/c1-6-20-13-21-17-40-25-23(7-10-32-28(25)37(21)15-20)43-24-14-33-27(22(16-38)34-24)36-11-8-31(9-12-36)18-41-19(2)26(31)35-29(39)42-30(3,4)5/h7,10,14,19-21,26,38H,6,8-9,11-13,15-18H2,1-5H3,(H,35,39)/t19-,20?,21-,26+/m0/s1. The maximum atomic E-state index is 12.6. The van der Waals surface area contributed by atoms with Crippen molar-refractivity contribution < 1.29 is 24.1 Å². The fraction of sp³-hybridized carbons (Fsp3) is 0.677. The number of alkyl carbamates (subject to hydrolysis) is 1. The van der Waals surface area contributed by atoms with Crippen LogP contribution in [0.1, 0.15) is 66.0 Å². The Hall–Kier alpha value is -2.83. The lowest BCUT2D eigenvalue weighted by Gasteiger charge is -2.43. The molecule has 0 aromatic carbocycles. The summed E-state index contributed by atoms with van der Waals surface area (Å²) in [7, 11) is 0. The van der Waals surface area contributed by atoms with Crippen molar-refractivity contribution in [2.24, 2.45) is 11.3 Å². The van der Waals surface area contributed by atoms with Crippen molar-refractivity contribution in [2.75, 3.05) is 42.6 Å². The lowest BCUT2D eigenvalue weighted by molar-refractivity contribution is 0.0434. The molecule has 4 aliphatic rings. The fourth-order valence-electron chi connectivity index (χ4n) is 6.99. The highest BCUT2D eigenvalue weighted by Gasteiger charge is 2.50. The van der Waals surface area contributed by atoms with Crippen molar-refractivity contribution in [1.82, 2.24) is 20.3 Å². The maximum absolute atomic E-state index is 12.6. The first kappa shape index (κ1) is 30.2. The second-order valence-electron chi connectivity index (χ2n) is 13.3. The molecule has 2 aromatic heterocycles. The molecule has 6 heterocycles. The van der Waals surface area contributed by atoms with Gasteiger partial charge in [-0.25, -0.2) is 19.7 Å². The van der Waals surface area contributed by atoms with Crippen molar-refractivity contribution in [2.45, 2.75) is 101 Å². The molecule has 1 unspecified atom stereocenters. The summed E-state index contributed by atoms with van der Waals surface area (Å²) in [5, 5.41) is 14.1. The number of fused-ring (bicyclic) bond motifs is 3. The maximum Gasteiger partial charge on any atom is 0.407 e. The average Bonchev–Trinajstić information content (AvgIpc) is 3.54. The van der Waals surface area contributed by atoms with Gasteiger partial charge in [-0.1, -0.05) is 25.1 Å². The number of aliphatic hydroxyl groups is 1. The molecule has 0 bridgehead atoms. The van der Waals surface area contributed by atoms with E-state index < -0.39 is 11.7 Å². The molecule has 0 aliphatic carbocycles. The lowest BCUT2D eigenvalue weighted by Crippen LogP contribution is -2.55. The van der Waals surface area contributed by atoms with Gasteiger partial charge >= 0.3 is 6.09 Å². The highest BCUT2D eigenvalue weighted by atomic mass is 32.2. The minimum Gasteiger partial charge on any atom is -0.486 e. The molecular weight excluding hydrogens is 568 g/mol. The Bertz CT molecular complexity index is 1330. The Morgan fingerprint density at radius 1 is 1.26 bits per heavy atom. The molecule has 0 radical (unpaired) electrons. The predicted octanol–water partition coefficient (Wildman–Crippen LogP) is 4.41. The minimum atomic E-state index is -0.563. The van der Waals surface area contributed by atoms with Crippen LogP contribution in [0.5, 0.6) is 5.75 Å². The van der Waals surface area contributed by atoms with Crippen LogP contribution in [0.2, 0.25) is 0 Å². The van der Waals surface area contributed by atoms with Crippen molar-refractivity contribution in [1.29, 1.82) is 0 Å². The van der Waals surface area contributed by atoms with E-state index in [4.69, 9.17) is 24.2 Å². The van der Waals surface area contributed by atoms with E-state index in [9.17, 15) is 9.90 Å². The summed E-state index contributed by atoms with van der Waals surface area (Å²) in [4.78, 5) is 32.4. The number of ether oxygens (including phenoxy) is 3. The number of nitrogens with zero attached hydrogens (tertiary/aromatic N) is 5. The van der Waals surface area contributed by atoms with Crippen LogP contribution in [0.3, 0.4) is 0 Å². The van der Waals surface area contributed by atoms with Crippen LogP contribution < -0.4 is 19.9 Å².